The number of nitrogens with one attached hydrogen (secondary N) is 1. The van der Waals surface area contributed by atoms with E-state index < -0.39 is 0 Å². The van der Waals surface area contributed by atoms with Crippen molar-refractivity contribution in [2.24, 2.45) is 11.8 Å². The average molecular weight is 284 g/mol. The molecule has 1 fully saturated rings. The normalized spacial score (nSPS) is 26.3. The third-order valence-electron chi connectivity index (χ3n) is 4.64. The summed E-state index contributed by atoms with van der Waals surface area (Å²) in [5.74, 6) is 0.922. The number of likely N-dealkylation sites (tertiary alicyclic amines) is 1. The molecule has 1 N–H and O–H groups in total. The van der Waals surface area contributed by atoms with E-state index in [-0.39, 0.29) is 11.8 Å². The summed E-state index contributed by atoms with van der Waals surface area (Å²) in [6.07, 6.45) is 6.04. The van der Waals surface area contributed by atoms with Crippen LogP contribution in [0.25, 0.3) is 0 Å². The molecule has 0 unspecified atom stereocenters. The number of nitrogens with zero attached hydrogens (tertiary/aromatic N) is 1. The number of allylic oxidation sites excluding steroid dienone is 2. The quantitative estimate of drug-likeness (QED) is 0.862. The van der Waals surface area contributed by atoms with Gasteiger partial charge in [0.1, 0.15) is 0 Å². The third kappa shape index (κ3) is 3.53. The molecule has 1 aliphatic carbocycles. The van der Waals surface area contributed by atoms with E-state index in [4.69, 9.17) is 0 Å². The second-order valence-electron chi connectivity index (χ2n) is 6.41. The number of amides is 1. The number of carbonyl (C=O) groups is 1. The minimum Gasteiger partial charge on any atom is -0.352 e. The van der Waals surface area contributed by atoms with Gasteiger partial charge in [-0.2, -0.15) is 0 Å². The van der Waals surface area contributed by atoms with Gasteiger partial charge in [-0.3, -0.25) is 9.69 Å². The highest BCUT2D eigenvalue weighted by Crippen LogP contribution is 2.22. The average Bonchev–Trinajstić information content (AvgIpc) is 3.11. The maximum Gasteiger partial charge on any atom is 0.224 e. The summed E-state index contributed by atoms with van der Waals surface area (Å²) in [6.45, 7) is 5.23. The smallest absolute Gasteiger partial charge is 0.224 e. The molecule has 1 aromatic rings. The van der Waals surface area contributed by atoms with Gasteiger partial charge < -0.3 is 5.32 Å². The second-order valence-corrected chi connectivity index (χ2v) is 6.41. The zero-order chi connectivity index (χ0) is 14.7. The molecule has 1 heterocycles. The van der Waals surface area contributed by atoms with Gasteiger partial charge in [0.25, 0.3) is 0 Å². The van der Waals surface area contributed by atoms with Gasteiger partial charge in [0, 0.05) is 31.6 Å². The van der Waals surface area contributed by atoms with Crippen molar-refractivity contribution in [3.63, 3.8) is 0 Å². The van der Waals surface area contributed by atoms with E-state index in [0.717, 1.165) is 32.5 Å². The van der Waals surface area contributed by atoms with Gasteiger partial charge in [-0.05, 0) is 24.3 Å². The van der Waals surface area contributed by atoms with Crippen molar-refractivity contribution < 1.29 is 4.79 Å². The molecule has 3 heteroatoms. The van der Waals surface area contributed by atoms with Crippen LogP contribution >= 0.6 is 0 Å². The van der Waals surface area contributed by atoms with E-state index in [9.17, 15) is 4.79 Å². The molecule has 1 aromatic carbocycles. The number of hydrogen-bond donors (Lipinski definition) is 1. The molecule has 3 rings (SSSR count). The van der Waals surface area contributed by atoms with Gasteiger partial charge in [-0.1, -0.05) is 49.4 Å². The topological polar surface area (TPSA) is 32.3 Å². The lowest BCUT2D eigenvalue weighted by Gasteiger charge is -2.19. The summed E-state index contributed by atoms with van der Waals surface area (Å²) < 4.78 is 0. The molecule has 2 aliphatic rings. The van der Waals surface area contributed by atoms with Gasteiger partial charge >= 0.3 is 0 Å². The van der Waals surface area contributed by atoms with Crippen LogP contribution in [-0.2, 0) is 11.3 Å². The van der Waals surface area contributed by atoms with Crippen molar-refractivity contribution in [1.82, 2.24) is 10.2 Å². The summed E-state index contributed by atoms with van der Waals surface area (Å²) in [5, 5.41) is 3.27. The van der Waals surface area contributed by atoms with Gasteiger partial charge in [-0.25, -0.2) is 0 Å². The van der Waals surface area contributed by atoms with Crippen LogP contribution in [-0.4, -0.2) is 29.9 Å². The summed E-state index contributed by atoms with van der Waals surface area (Å²) >= 11 is 0. The van der Waals surface area contributed by atoms with E-state index in [0.29, 0.717) is 12.0 Å². The molecule has 3 nitrogen and oxygen atoms in total. The molecule has 0 spiro atoms. The molecule has 1 aliphatic heterocycles. The first-order chi connectivity index (χ1) is 10.2. The predicted octanol–water partition coefficient (Wildman–Crippen LogP) is 2.59. The van der Waals surface area contributed by atoms with E-state index in [1.807, 2.05) is 0 Å². The number of rotatable bonds is 4. The molecule has 1 amide bonds. The molecule has 0 saturated carbocycles. The summed E-state index contributed by atoms with van der Waals surface area (Å²) in [6, 6.07) is 10.8. The standard InChI is InChI=1S/C18H24N2O/c1-14-11-20(12-15-7-3-2-4-8-15)13-17(14)19-18(21)16-9-5-6-10-16/h2-8,14,16-17H,9-13H2,1H3,(H,19,21)/t14-,17-/m0/s1. The Labute approximate surface area is 127 Å². The van der Waals surface area contributed by atoms with Gasteiger partial charge in [0.05, 0.1) is 0 Å². The van der Waals surface area contributed by atoms with Crippen LogP contribution in [0.3, 0.4) is 0 Å². The first kappa shape index (κ1) is 14.3. The maximum absolute atomic E-state index is 12.2. The molecule has 112 valence electrons. The molecular formula is C18H24N2O. The third-order valence-corrected chi connectivity index (χ3v) is 4.64. The molecule has 0 bridgehead atoms. The predicted molar refractivity (Wildman–Crippen MR) is 84.7 cm³/mol. The Morgan fingerprint density at radius 1 is 1.19 bits per heavy atom. The Kier molecular flexibility index (Phi) is 4.39. The van der Waals surface area contributed by atoms with Crippen molar-refractivity contribution >= 4 is 5.91 Å². The molecule has 2 atom stereocenters. The van der Waals surface area contributed by atoms with E-state index in [1.54, 1.807) is 0 Å². The van der Waals surface area contributed by atoms with Crippen LogP contribution in [0.15, 0.2) is 42.5 Å². The Hall–Kier alpha value is -1.61. The van der Waals surface area contributed by atoms with Crippen LogP contribution in [0.2, 0.25) is 0 Å². The largest absolute Gasteiger partial charge is 0.352 e. The highest BCUT2D eigenvalue weighted by Gasteiger charge is 2.32. The van der Waals surface area contributed by atoms with Gasteiger partial charge in [0.2, 0.25) is 5.91 Å². The SMILES string of the molecule is C[C@H]1CN(Cc2ccccc2)C[C@@H]1NC(=O)C1CC=CC1. The van der Waals surface area contributed by atoms with Crippen LogP contribution in [0.1, 0.15) is 25.3 Å². The van der Waals surface area contributed by atoms with Crippen molar-refractivity contribution in [2.45, 2.75) is 32.4 Å². The van der Waals surface area contributed by atoms with E-state index in [1.165, 1.54) is 5.56 Å². The van der Waals surface area contributed by atoms with Gasteiger partial charge in [-0.15, -0.1) is 0 Å². The molecule has 1 saturated heterocycles. The van der Waals surface area contributed by atoms with Crippen LogP contribution in [0, 0.1) is 11.8 Å². The Morgan fingerprint density at radius 2 is 1.90 bits per heavy atom. The fraction of sp³-hybridized carbons (Fsp3) is 0.500. The minimum absolute atomic E-state index is 0.167. The lowest BCUT2D eigenvalue weighted by Crippen LogP contribution is -2.42. The van der Waals surface area contributed by atoms with Crippen LogP contribution < -0.4 is 5.32 Å². The first-order valence-corrected chi connectivity index (χ1v) is 7.94. The molecule has 0 radical (unpaired) electrons. The van der Waals surface area contributed by atoms with Crippen molar-refractivity contribution in [2.75, 3.05) is 13.1 Å². The maximum atomic E-state index is 12.2. The summed E-state index contributed by atoms with van der Waals surface area (Å²) in [7, 11) is 0. The first-order valence-electron chi connectivity index (χ1n) is 7.94. The number of benzene rings is 1. The fourth-order valence-corrected chi connectivity index (χ4v) is 3.36. The Morgan fingerprint density at radius 3 is 2.62 bits per heavy atom. The van der Waals surface area contributed by atoms with Crippen molar-refractivity contribution in [3.8, 4) is 0 Å². The van der Waals surface area contributed by atoms with E-state index in [2.05, 4.69) is 59.6 Å². The minimum atomic E-state index is 0.167. The highest BCUT2D eigenvalue weighted by atomic mass is 16.2. The lowest BCUT2D eigenvalue weighted by molar-refractivity contribution is -0.125. The second kappa shape index (κ2) is 6.44. The van der Waals surface area contributed by atoms with Crippen molar-refractivity contribution in [1.29, 1.82) is 0 Å². The van der Waals surface area contributed by atoms with Crippen LogP contribution in [0.5, 0.6) is 0 Å². The van der Waals surface area contributed by atoms with Crippen LogP contribution in [0.4, 0.5) is 0 Å². The zero-order valence-electron chi connectivity index (χ0n) is 12.7. The fourth-order valence-electron chi connectivity index (χ4n) is 3.36. The Balaban J connectivity index is 1.52. The number of hydrogen-bond acceptors (Lipinski definition) is 2. The van der Waals surface area contributed by atoms with Gasteiger partial charge in [0.15, 0.2) is 0 Å². The molecule has 0 aromatic heterocycles. The zero-order valence-corrected chi connectivity index (χ0v) is 12.7. The van der Waals surface area contributed by atoms with Crippen molar-refractivity contribution in [3.05, 3.63) is 48.0 Å². The summed E-state index contributed by atoms with van der Waals surface area (Å²) in [5.41, 5.74) is 1.34. The number of carbonyl (C=O) groups excluding carboxylic acids is 1. The van der Waals surface area contributed by atoms with E-state index >= 15 is 0 Å². The molecular weight excluding hydrogens is 260 g/mol. The molecule has 21 heavy (non-hydrogen) atoms. The lowest BCUT2D eigenvalue weighted by atomic mass is 10.0. The highest BCUT2D eigenvalue weighted by molar-refractivity contribution is 5.79. The summed E-state index contributed by atoms with van der Waals surface area (Å²) in [4.78, 5) is 14.7. The monoisotopic (exact) mass is 284 g/mol. The Bertz CT molecular complexity index is 503.